The zero-order chi connectivity index (χ0) is 37.4. The summed E-state index contributed by atoms with van der Waals surface area (Å²) < 4.78 is 31.4. The molecule has 1 radical (unpaired) electrons. The van der Waals surface area contributed by atoms with Crippen LogP contribution in [0, 0.1) is 6.92 Å². The van der Waals surface area contributed by atoms with Crippen LogP contribution >= 0.6 is 11.8 Å². The Labute approximate surface area is 318 Å². The average molecular weight is 748 g/mol. The molecule has 0 aliphatic carbocycles. The molecular formula is C44H47O7SSi. The van der Waals surface area contributed by atoms with Gasteiger partial charge in [-0.15, -0.1) is 0 Å². The number of aryl methyl sites for hydroxylation is 1. The van der Waals surface area contributed by atoms with Crippen molar-refractivity contribution in [2.75, 3.05) is 13.7 Å². The Balaban J connectivity index is 1.58. The van der Waals surface area contributed by atoms with Crippen LogP contribution in [0.3, 0.4) is 0 Å². The SMILES string of the molecule is COc1ccc(CO[C@H]2[C@@H](O)[C@@H](COC(C)(C)C)O[C@](Sc3ccc(C)cc3)([Si](c3ccccc3)c3ccccc3)[C@@H]2OC(=O)c2ccccc2)cc1. The van der Waals surface area contributed by atoms with Gasteiger partial charge in [-0.2, -0.15) is 0 Å². The number of benzene rings is 5. The van der Waals surface area contributed by atoms with Crippen LogP contribution in [0.15, 0.2) is 144 Å². The number of methoxy groups -OCH3 is 1. The first-order chi connectivity index (χ1) is 25.6. The maximum absolute atomic E-state index is 14.3. The summed E-state index contributed by atoms with van der Waals surface area (Å²) in [6, 6.07) is 45.3. The van der Waals surface area contributed by atoms with Gasteiger partial charge in [-0.25, -0.2) is 4.79 Å². The van der Waals surface area contributed by atoms with Gasteiger partial charge >= 0.3 is 5.97 Å². The van der Waals surface area contributed by atoms with Gasteiger partial charge in [0.15, 0.2) is 19.5 Å². The fourth-order valence-corrected chi connectivity index (χ4v) is 11.9. The highest BCUT2D eigenvalue weighted by molar-refractivity contribution is 8.02. The van der Waals surface area contributed by atoms with Crippen LogP contribution in [0.1, 0.15) is 42.3 Å². The number of esters is 1. The van der Waals surface area contributed by atoms with Gasteiger partial charge in [0.1, 0.15) is 24.1 Å². The fourth-order valence-electron chi connectivity index (χ4n) is 6.33. The van der Waals surface area contributed by atoms with Crippen LogP contribution < -0.4 is 15.1 Å². The second-order valence-electron chi connectivity index (χ2n) is 14.1. The number of ether oxygens (including phenoxy) is 5. The molecule has 0 bridgehead atoms. The largest absolute Gasteiger partial charge is 0.497 e. The third-order valence-electron chi connectivity index (χ3n) is 9.01. The number of aliphatic hydroxyl groups excluding tert-OH is 1. The molecule has 1 fully saturated rings. The lowest BCUT2D eigenvalue weighted by molar-refractivity contribution is -0.243. The van der Waals surface area contributed by atoms with E-state index in [1.54, 1.807) is 31.4 Å². The lowest BCUT2D eigenvalue weighted by Crippen LogP contribution is -2.75. The van der Waals surface area contributed by atoms with Crippen molar-refractivity contribution in [1.82, 2.24) is 0 Å². The summed E-state index contributed by atoms with van der Waals surface area (Å²) in [6.45, 7) is 8.20. The van der Waals surface area contributed by atoms with Crippen molar-refractivity contribution < 1.29 is 33.6 Å². The minimum atomic E-state index is -2.07. The minimum absolute atomic E-state index is 0.0847. The van der Waals surface area contributed by atoms with E-state index in [1.807, 2.05) is 94.4 Å². The highest BCUT2D eigenvalue weighted by Gasteiger charge is 2.63. The molecule has 1 aliphatic heterocycles. The normalized spacial score (nSPS) is 21.6. The summed E-state index contributed by atoms with van der Waals surface area (Å²) in [7, 11) is -0.449. The van der Waals surface area contributed by atoms with Gasteiger partial charge in [-0.05, 0) is 69.7 Å². The fraction of sp³-hybridized carbons (Fsp3) is 0.295. The van der Waals surface area contributed by atoms with Gasteiger partial charge in [-0.3, -0.25) is 0 Å². The first kappa shape index (κ1) is 38.5. The van der Waals surface area contributed by atoms with E-state index in [0.29, 0.717) is 5.56 Å². The maximum Gasteiger partial charge on any atom is 0.338 e. The summed E-state index contributed by atoms with van der Waals surface area (Å²) >= 11 is 1.52. The van der Waals surface area contributed by atoms with Crippen molar-refractivity contribution in [3.63, 3.8) is 0 Å². The molecule has 275 valence electrons. The molecule has 5 atom stereocenters. The average Bonchev–Trinajstić information content (AvgIpc) is 3.17. The molecule has 7 nitrogen and oxygen atoms in total. The Morgan fingerprint density at radius 2 is 1.38 bits per heavy atom. The molecule has 0 unspecified atom stereocenters. The molecule has 1 saturated heterocycles. The topological polar surface area (TPSA) is 83.5 Å². The van der Waals surface area contributed by atoms with Gasteiger partial charge in [0.2, 0.25) is 0 Å². The Morgan fingerprint density at radius 1 is 0.811 bits per heavy atom. The van der Waals surface area contributed by atoms with E-state index in [9.17, 15) is 9.90 Å². The zero-order valence-electron chi connectivity index (χ0n) is 30.8. The lowest BCUT2D eigenvalue weighted by Gasteiger charge is -2.53. The smallest absolute Gasteiger partial charge is 0.338 e. The molecule has 6 rings (SSSR count). The van der Waals surface area contributed by atoms with Crippen LogP contribution in [0.2, 0.25) is 0 Å². The molecule has 53 heavy (non-hydrogen) atoms. The van der Waals surface area contributed by atoms with Gasteiger partial charge in [0.05, 0.1) is 31.5 Å². The van der Waals surface area contributed by atoms with E-state index in [2.05, 4.69) is 48.5 Å². The third kappa shape index (κ3) is 9.48. The first-order valence-electron chi connectivity index (χ1n) is 17.8. The van der Waals surface area contributed by atoms with E-state index in [0.717, 1.165) is 32.1 Å². The van der Waals surface area contributed by atoms with Crippen molar-refractivity contribution in [3.05, 3.63) is 156 Å². The summed E-state index contributed by atoms with van der Waals surface area (Å²) in [5.74, 6) is 0.186. The summed E-state index contributed by atoms with van der Waals surface area (Å²) in [5, 5.41) is 14.5. The second kappa shape index (κ2) is 17.3. The van der Waals surface area contributed by atoms with Gasteiger partial charge < -0.3 is 28.8 Å². The maximum atomic E-state index is 14.3. The number of rotatable bonds is 13. The van der Waals surface area contributed by atoms with Crippen LogP contribution in [0.5, 0.6) is 5.75 Å². The third-order valence-corrected chi connectivity index (χ3v) is 14.0. The molecule has 0 spiro atoms. The van der Waals surface area contributed by atoms with Crippen LogP contribution in [-0.4, -0.2) is 68.2 Å². The minimum Gasteiger partial charge on any atom is -0.497 e. The predicted octanol–water partition coefficient (Wildman–Crippen LogP) is 7.03. The Bertz CT molecular complexity index is 1850. The molecule has 1 aliphatic rings. The van der Waals surface area contributed by atoms with Crippen molar-refractivity contribution >= 4 is 36.9 Å². The standard InChI is InChI=1S/C44H47O7SSi/c1-31-21-27-35(28-22-31)52-44(53(36-17-11-7-12-18-36)37-19-13-8-14-20-37)41(50-42(46)33-15-9-6-10-16-33)40(39(45)38(51-44)30-49-43(2,3)4)48-29-32-23-25-34(47-5)26-24-32/h6-28,38-41,45H,29-30H2,1-5H3/t38-,39+,40+,41-,44-/m1/s1. The molecule has 5 aromatic carbocycles. The summed E-state index contributed by atoms with van der Waals surface area (Å²) in [5.41, 5.74) is 1.85. The lowest BCUT2D eigenvalue weighted by atomic mass is 9.98. The number of hydrogen-bond donors (Lipinski definition) is 1. The van der Waals surface area contributed by atoms with E-state index >= 15 is 0 Å². The molecular weight excluding hydrogens is 701 g/mol. The summed E-state index contributed by atoms with van der Waals surface area (Å²) in [6.07, 6.45) is -4.16. The van der Waals surface area contributed by atoms with E-state index in [1.165, 1.54) is 11.8 Å². The predicted molar refractivity (Wildman–Crippen MR) is 211 cm³/mol. The van der Waals surface area contributed by atoms with E-state index in [-0.39, 0.29) is 13.2 Å². The van der Waals surface area contributed by atoms with Crippen LogP contribution in [0.4, 0.5) is 0 Å². The summed E-state index contributed by atoms with van der Waals surface area (Å²) in [4.78, 5) is 15.2. The Morgan fingerprint density at radius 3 is 1.92 bits per heavy atom. The Kier molecular flexibility index (Phi) is 12.6. The first-order valence-corrected chi connectivity index (χ1v) is 20.1. The molecule has 5 aromatic rings. The van der Waals surface area contributed by atoms with Crippen LogP contribution in [0.25, 0.3) is 0 Å². The number of thioether (sulfide) groups is 1. The van der Waals surface area contributed by atoms with Crippen LogP contribution in [-0.2, 0) is 25.6 Å². The van der Waals surface area contributed by atoms with Crippen molar-refractivity contribution in [2.24, 2.45) is 0 Å². The van der Waals surface area contributed by atoms with Gasteiger partial charge in [0.25, 0.3) is 0 Å². The van der Waals surface area contributed by atoms with Crippen molar-refractivity contribution in [1.29, 1.82) is 0 Å². The second-order valence-corrected chi connectivity index (χ2v) is 18.4. The molecule has 1 heterocycles. The van der Waals surface area contributed by atoms with E-state index in [4.69, 9.17) is 23.7 Å². The number of carbonyl (C=O) groups excluding carboxylic acids is 1. The van der Waals surface area contributed by atoms with Gasteiger partial charge in [-0.1, -0.05) is 131 Å². The monoisotopic (exact) mass is 747 g/mol. The molecule has 1 N–H and O–H groups in total. The van der Waals surface area contributed by atoms with Gasteiger partial charge in [0, 0.05) is 4.90 Å². The number of hydrogen-bond acceptors (Lipinski definition) is 8. The number of aliphatic hydroxyl groups is 1. The molecule has 0 amide bonds. The Hall–Kier alpha value is -4.22. The molecule has 9 heteroatoms. The highest BCUT2D eigenvalue weighted by atomic mass is 32.2. The zero-order valence-corrected chi connectivity index (χ0v) is 32.6. The molecule has 0 aromatic heterocycles. The number of carbonyl (C=O) groups is 1. The molecule has 0 saturated carbocycles. The van der Waals surface area contributed by atoms with E-state index < -0.39 is 49.3 Å². The van der Waals surface area contributed by atoms with Crippen molar-refractivity contribution in [3.8, 4) is 5.75 Å². The highest BCUT2D eigenvalue weighted by Crippen LogP contribution is 2.47. The quantitative estimate of drug-likeness (QED) is 0.102. The van der Waals surface area contributed by atoms with Crippen molar-refractivity contribution in [2.45, 2.75) is 73.8 Å².